The molecule has 190 valence electrons. The van der Waals surface area contributed by atoms with Gasteiger partial charge in [-0.05, 0) is 20.8 Å². The van der Waals surface area contributed by atoms with Gasteiger partial charge in [-0.1, -0.05) is 5.92 Å². The molecule has 1 aliphatic carbocycles. The Morgan fingerprint density at radius 3 is 2.63 bits per heavy atom. The highest BCUT2D eigenvalue weighted by molar-refractivity contribution is 7.48. The molecule has 1 aromatic heterocycles. The molecule has 3 fully saturated rings. The normalized spacial score (nSPS) is 35.6. The van der Waals surface area contributed by atoms with E-state index in [1.807, 2.05) is 0 Å². The van der Waals surface area contributed by atoms with E-state index >= 15 is 0 Å². The topological polar surface area (TPSA) is 161 Å². The van der Waals surface area contributed by atoms with E-state index in [1.165, 1.54) is 6.20 Å². The molecule has 13 nitrogen and oxygen atoms in total. The smallest absolute Gasteiger partial charge is 0.463 e. The summed E-state index contributed by atoms with van der Waals surface area (Å²) in [6.07, 6.45) is 2.59. The van der Waals surface area contributed by atoms with E-state index in [0.29, 0.717) is 0 Å². The van der Waals surface area contributed by atoms with E-state index < -0.39 is 73.2 Å². The fourth-order valence-corrected chi connectivity index (χ4v) is 6.27. The molecule has 2 aliphatic heterocycles. The average molecular weight is 512 g/mol. The van der Waals surface area contributed by atoms with Crippen molar-refractivity contribution in [3.63, 3.8) is 0 Å². The molecule has 14 heteroatoms. The number of carbonyl (C=O) groups is 2. The van der Waals surface area contributed by atoms with Crippen LogP contribution in [0.3, 0.4) is 0 Å². The highest BCUT2D eigenvalue weighted by Crippen LogP contribution is 2.79. The Balaban J connectivity index is 1.49. The van der Waals surface area contributed by atoms with Crippen LogP contribution in [0.1, 0.15) is 40.3 Å². The summed E-state index contributed by atoms with van der Waals surface area (Å²) in [6.45, 7) is 5.58. The minimum absolute atomic E-state index is 0.336. The molecule has 0 bridgehead atoms. The number of carbonyl (C=O) groups excluding carboxylic acids is 2. The highest BCUT2D eigenvalue weighted by atomic mass is 31.2. The molecule has 1 unspecified atom stereocenters. The number of esters is 2. The number of ether oxygens (including phenoxy) is 3. The Bertz CT molecular complexity index is 1250. The monoisotopic (exact) mass is 512 g/mol. The quantitative estimate of drug-likeness (QED) is 0.296. The maximum absolute atomic E-state index is 13.2. The van der Waals surface area contributed by atoms with E-state index in [0.717, 1.165) is 17.6 Å². The number of aromatic amines is 1. The number of aromatic nitrogens is 2. The van der Waals surface area contributed by atoms with Crippen LogP contribution in [0.15, 0.2) is 21.9 Å². The number of phosphoric ester groups is 1. The number of hydrogen-bond acceptors (Lipinski definition) is 11. The largest absolute Gasteiger partial charge is 0.476 e. The molecule has 35 heavy (non-hydrogen) atoms. The number of phosphoric acid groups is 1. The van der Waals surface area contributed by atoms with Crippen molar-refractivity contribution < 1.29 is 41.9 Å². The van der Waals surface area contributed by atoms with Crippen molar-refractivity contribution in [2.24, 2.45) is 5.41 Å². The fraction of sp³-hybridized carbons (Fsp3) is 0.619. The van der Waals surface area contributed by atoms with Gasteiger partial charge in [0.25, 0.3) is 5.56 Å². The van der Waals surface area contributed by atoms with Crippen LogP contribution in [-0.2, 0) is 41.9 Å². The molecule has 1 saturated carbocycles. The molecule has 3 aliphatic rings. The van der Waals surface area contributed by atoms with E-state index in [9.17, 15) is 23.7 Å². The maximum Gasteiger partial charge on any atom is 0.476 e. The summed E-state index contributed by atoms with van der Waals surface area (Å²) >= 11 is 0. The van der Waals surface area contributed by atoms with Crippen LogP contribution in [-0.4, -0.2) is 58.1 Å². The Hall–Kier alpha value is -2.75. The molecule has 2 saturated heterocycles. The van der Waals surface area contributed by atoms with Gasteiger partial charge in [0, 0.05) is 19.2 Å². The van der Waals surface area contributed by atoms with Gasteiger partial charge in [-0.2, -0.15) is 0 Å². The number of terminal acetylenes is 1. The third kappa shape index (κ3) is 4.26. The van der Waals surface area contributed by atoms with Crippen LogP contribution in [0, 0.1) is 17.8 Å². The molecular formula is C21H25N2O11P. The van der Waals surface area contributed by atoms with Crippen molar-refractivity contribution in [3.05, 3.63) is 33.1 Å². The van der Waals surface area contributed by atoms with Gasteiger partial charge in [-0.3, -0.25) is 37.5 Å². The number of rotatable bonds is 8. The lowest BCUT2D eigenvalue weighted by Gasteiger charge is -2.32. The summed E-state index contributed by atoms with van der Waals surface area (Å²) in [6, 6.07) is 1.14. The molecule has 4 rings (SSSR count). The first-order chi connectivity index (χ1) is 16.3. The lowest BCUT2D eigenvalue weighted by Crippen LogP contribution is -2.44. The lowest BCUT2D eigenvalue weighted by molar-refractivity contribution is -0.157. The van der Waals surface area contributed by atoms with Crippen LogP contribution in [0.4, 0.5) is 0 Å². The number of fused-ring (bicyclic) bond motifs is 1. The molecule has 0 aromatic carbocycles. The summed E-state index contributed by atoms with van der Waals surface area (Å²) in [5, 5.41) is 0. The van der Waals surface area contributed by atoms with E-state index in [-0.39, 0.29) is 12.5 Å². The van der Waals surface area contributed by atoms with Crippen LogP contribution in [0.2, 0.25) is 0 Å². The van der Waals surface area contributed by atoms with Gasteiger partial charge in [0.15, 0.2) is 11.8 Å². The van der Waals surface area contributed by atoms with Gasteiger partial charge in [-0.25, -0.2) is 9.36 Å². The highest BCUT2D eigenvalue weighted by Gasteiger charge is 2.90. The number of nitrogens with one attached hydrogen (secondary N) is 1. The second kappa shape index (κ2) is 8.72. The standard InChI is InChI=1S/C21H25N2O11P/c1-6-20(5)18(23-8-7-14(25)22-19(23)27)32-16-17-21(16,20)34-35(28,33-17)29-10-13(31-12(4)24)9-15(26)30-11(2)3/h1,7-8,11,13,16-18H,9-10H2,2-5H3,(H,22,25,27)/t13-,16+,17?,18+,20-,21-,35+/m0/s1. The number of nitrogens with zero attached hydrogens (tertiary/aromatic N) is 1. The number of H-pyrrole nitrogens is 1. The zero-order chi connectivity index (χ0) is 25.8. The third-order valence-corrected chi connectivity index (χ3v) is 7.49. The van der Waals surface area contributed by atoms with Gasteiger partial charge in [0.2, 0.25) is 0 Å². The SMILES string of the molecule is C#C[C@@]1(C)[C@H](n2ccc(=O)[nH]c2=O)O[C@@H]2C3O[P@@](=O)(OC[C@H](CC(=O)OC(C)C)OC(C)=O)O[C@]321. The van der Waals surface area contributed by atoms with Crippen LogP contribution >= 0.6 is 7.82 Å². The minimum atomic E-state index is -4.22. The molecule has 3 heterocycles. The predicted octanol–water partition coefficient (Wildman–Crippen LogP) is 0.639. The van der Waals surface area contributed by atoms with Crippen LogP contribution in [0.25, 0.3) is 0 Å². The third-order valence-electron chi connectivity index (χ3n) is 6.01. The van der Waals surface area contributed by atoms with E-state index in [4.69, 9.17) is 34.2 Å². The first-order valence-corrected chi connectivity index (χ1v) is 12.3. The molecule has 1 N–H and O–H groups in total. The lowest BCUT2D eigenvalue weighted by atomic mass is 9.81. The predicted molar refractivity (Wildman–Crippen MR) is 116 cm³/mol. The second-order valence-corrected chi connectivity index (χ2v) is 10.4. The summed E-state index contributed by atoms with van der Waals surface area (Å²) in [5.41, 5.74) is -4.05. The van der Waals surface area contributed by atoms with E-state index in [2.05, 4.69) is 10.9 Å². The van der Waals surface area contributed by atoms with Gasteiger partial charge < -0.3 is 14.2 Å². The van der Waals surface area contributed by atoms with Crippen molar-refractivity contribution in [2.75, 3.05) is 6.61 Å². The first kappa shape index (κ1) is 25.3. The van der Waals surface area contributed by atoms with Gasteiger partial charge in [-0.15, -0.1) is 6.42 Å². The van der Waals surface area contributed by atoms with Gasteiger partial charge in [0.1, 0.15) is 23.7 Å². The summed E-state index contributed by atoms with van der Waals surface area (Å²) in [4.78, 5) is 49.3. The van der Waals surface area contributed by atoms with Crippen molar-refractivity contribution >= 4 is 19.8 Å². The molecule has 1 aromatic rings. The van der Waals surface area contributed by atoms with Crippen molar-refractivity contribution in [1.29, 1.82) is 0 Å². The molecule has 0 amide bonds. The molecule has 0 radical (unpaired) electrons. The first-order valence-electron chi connectivity index (χ1n) is 10.8. The molecule has 1 spiro atoms. The van der Waals surface area contributed by atoms with Crippen LogP contribution < -0.4 is 11.2 Å². The van der Waals surface area contributed by atoms with Crippen molar-refractivity contribution in [1.82, 2.24) is 9.55 Å². The zero-order valence-electron chi connectivity index (χ0n) is 19.4. The maximum atomic E-state index is 13.2. The Labute approximate surface area is 199 Å². The van der Waals surface area contributed by atoms with Gasteiger partial charge in [0.05, 0.1) is 19.1 Å². The van der Waals surface area contributed by atoms with Crippen LogP contribution in [0.5, 0.6) is 0 Å². The zero-order valence-corrected chi connectivity index (χ0v) is 20.3. The Morgan fingerprint density at radius 1 is 1.31 bits per heavy atom. The summed E-state index contributed by atoms with van der Waals surface area (Å²) in [5.74, 6) is 1.25. The fourth-order valence-electron chi connectivity index (χ4n) is 4.45. The molecular weight excluding hydrogens is 487 g/mol. The van der Waals surface area contributed by atoms with E-state index in [1.54, 1.807) is 20.8 Å². The van der Waals surface area contributed by atoms with Crippen molar-refractivity contribution in [3.8, 4) is 12.3 Å². The second-order valence-electron chi connectivity index (χ2n) is 8.90. The minimum Gasteiger partial charge on any atom is -0.463 e. The summed E-state index contributed by atoms with van der Waals surface area (Å²) < 4.78 is 47.1. The van der Waals surface area contributed by atoms with Gasteiger partial charge >= 0.3 is 25.5 Å². The Kier molecular flexibility index (Phi) is 6.32. The molecule has 7 atom stereocenters. The summed E-state index contributed by atoms with van der Waals surface area (Å²) in [7, 11) is -4.22. The van der Waals surface area contributed by atoms with Crippen molar-refractivity contribution in [2.45, 2.75) is 70.4 Å². The average Bonchev–Trinajstić information content (AvgIpc) is 3.06. The Morgan fingerprint density at radius 2 is 2.03 bits per heavy atom. The number of hydrogen-bond donors (Lipinski definition) is 1.